The molecule has 0 saturated carbocycles. The van der Waals surface area contributed by atoms with Crippen LogP contribution in [0.4, 0.5) is 10.8 Å². The number of ether oxygens (including phenoxy) is 1. The molecule has 0 aliphatic carbocycles. The number of nitrogens with two attached hydrogens (primary N) is 1. The molecule has 2 rings (SSSR count). The van der Waals surface area contributed by atoms with Gasteiger partial charge in [0.15, 0.2) is 5.13 Å². The second kappa shape index (κ2) is 5.84. The van der Waals surface area contributed by atoms with Crippen LogP contribution in [0.25, 0.3) is 0 Å². The molecule has 5 heteroatoms. The molecule has 0 unspecified atom stereocenters. The number of rotatable bonds is 5. The van der Waals surface area contributed by atoms with Crippen molar-refractivity contribution in [2.75, 3.05) is 18.6 Å². The SMILES string of the molecule is CCOc1ccc(N(C)c2ncc(CN)s2)cc1. The molecule has 18 heavy (non-hydrogen) atoms. The van der Waals surface area contributed by atoms with Crippen LogP contribution in [-0.4, -0.2) is 18.6 Å². The summed E-state index contributed by atoms with van der Waals surface area (Å²) in [5.41, 5.74) is 6.67. The number of thiazole rings is 1. The number of benzene rings is 1. The molecule has 0 aliphatic heterocycles. The molecule has 0 radical (unpaired) electrons. The summed E-state index contributed by atoms with van der Waals surface area (Å²) in [5, 5.41) is 0.944. The van der Waals surface area contributed by atoms with Crippen molar-refractivity contribution in [3.63, 3.8) is 0 Å². The van der Waals surface area contributed by atoms with Gasteiger partial charge in [-0.1, -0.05) is 0 Å². The van der Waals surface area contributed by atoms with Gasteiger partial charge < -0.3 is 15.4 Å². The number of aromatic nitrogens is 1. The molecule has 0 amide bonds. The van der Waals surface area contributed by atoms with Gasteiger partial charge in [-0.15, -0.1) is 11.3 Å². The molecule has 1 aromatic carbocycles. The van der Waals surface area contributed by atoms with Gasteiger partial charge in [0.05, 0.1) is 6.61 Å². The fourth-order valence-electron chi connectivity index (χ4n) is 1.59. The Morgan fingerprint density at radius 2 is 2.06 bits per heavy atom. The highest BCUT2D eigenvalue weighted by Crippen LogP contribution is 2.28. The van der Waals surface area contributed by atoms with Crippen molar-refractivity contribution in [3.8, 4) is 5.75 Å². The van der Waals surface area contributed by atoms with Crippen molar-refractivity contribution in [1.82, 2.24) is 4.98 Å². The first-order chi connectivity index (χ1) is 8.74. The first-order valence-corrected chi connectivity index (χ1v) is 6.67. The maximum Gasteiger partial charge on any atom is 0.189 e. The van der Waals surface area contributed by atoms with Crippen LogP contribution in [0.15, 0.2) is 30.5 Å². The summed E-state index contributed by atoms with van der Waals surface area (Å²) in [6.07, 6.45) is 1.82. The predicted octanol–water partition coefficient (Wildman–Crippen LogP) is 2.77. The van der Waals surface area contributed by atoms with Gasteiger partial charge in [-0.2, -0.15) is 0 Å². The first-order valence-electron chi connectivity index (χ1n) is 5.86. The summed E-state index contributed by atoms with van der Waals surface area (Å²) < 4.78 is 5.42. The monoisotopic (exact) mass is 263 g/mol. The Morgan fingerprint density at radius 3 is 2.61 bits per heavy atom. The average molecular weight is 263 g/mol. The lowest BCUT2D eigenvalue weighted by molar-refractivity contribution is 0.340. The second-order valence-corrected chi connectivity index (χ2v) is 4.89. The largest absolute Gasteiger partial charge is 0.494 e. The highest BCUT2D eigenvalue weighted by atomic mass is 32.1. The van der Waals surface area contributed by atoms with Crippen molar-refractivity contribution in [2.45, 2.75) is 13.5 Å². The van der Waals surface area contributed by atoms with Crippen LogP contribution in [0.2, 0.25) is 0 Å². The molecule has 0 spiro atoms. The van der Waals surface area contributed by atoms with Crippen LogP contribution in [0.3, 0.4) is 0 Å². The minimum atomic E-state index is 0.536. The van der Waals surface area contributed by atoms with Crippen LogP contribution in [0.1, 0.15) is 11.8 Å². The molecular weight excluding hydrogens is 246 g/mol. The van der Waals surface area contributed by atoms with Crippen LogP contribution >= 0.6 is 11.3 Å². The summed E-state index contributed by atoms with van der Waals surface area (Å²) in [7, 11) is 1.99. The van der Waals surface area contributed by atoms with Gasteiger partial charge in [-0.3, -0.25) is 0 Å². The summed E-state index contributed by atoms with van der Waals surface area (Å²) in [6, 6.07) is 7.97. The van der Waals surface area contributed by atoms with E-state index in [2.05, 4.69) is 4.98 Å². The first kappa shape index (κ1) is 12.9. The second-order valence-electron chi connectivity index (χ2n) is 3.80. The molecule has 0 bridgehead atoms. The number of anilines is 2. The van der Waals surface area contributed by atoms with Crippen LogP contribution < -0.4 is 15.4 Å². The van der Waals surface area contributed by atoms with E-state index < -0.39 is 0 Å². The molecule has 96 valence electrons. The number of hydrogen-bond donors (Lipinski definition) is 1. The van der Waals surface area contributed by atoms with E-state index in [4.69, 9.17) is 10.5 Å². The lowest BCUT2D eigenvalue weighted by Crippen LogP contribution is -2.08. The smallest absolute Gasteiger partial charge is 0.189 e. The van der Waals surface area contributed by atoms with Gasteiger partial charge in [-0.25, -0.2) is 4.98 Å². The minimum absolute atomic E-state index is 0.536. The van der Waals surface area contributed by atoms with Crippen molar-refractivity contribution < 1.29 is 4.74 Å². The molecular formula is C13H17N3OS. The van der Waals surface area contributed by atoms with E-state index in [1.165, 1.54) is 0 Å². The topological polar surface area (TPSA) is 51.4 Å². The minimum Gasteiger partial charge on any atom is -0.494 e. The van der Waals surface area contributed by atoms with Gasteiger partial charge in [0.25, 0.3) is 0 Å². The Morgan fingerprint density at radius 1 is 1.33 bits per heavy atom. The van der Waals surface area contributed by atoms with Crippen molar-refractivity contribution >= 4 is 22.2 Å². The fourth-order valence-corrected chi connectivity index (χ4v) is 2.36. The third-order valence-electron chi connectivity index (χ3n) is 2.56. The van der Waals surface area contributed by atoms with E-state index in [-0.39, 0.29) is 0 Å². The number of nitrogens with zero attached hydrogens (tertiary/aromatic N) is 2. The Balaban J connectivity index is 2.14. The van der Waals surface area contributed by atoms with E-state index in [1.54, 1.807) is 11.3 Å². The molecule has 0 aliphatic rings. The van der Waals surface area contributed by atoms with E-state index >= 15 is 0 Å². The average Bonchev–Trinajstić information content (AvgIpc) is 2.88. The van der Waals surface area contributed by atoms with Gasteiger partial charge in [-0.05, 0) is 31.2 Å². The molecule has 0 atom stereocenters. The highest BCUT2D eigenvalue weighted by Gasteiger charge is 2.08. The summed E-state index contributed by atoms with van der Waals surface area (Å²) >= 11 is 1.61. The quantitative estimate of drug-likeness (QED) is 0.901. The fraction of sp³-hybridized carbons (Fsp3) is 0.308. The Labute approximate surface area is 111 Å². The molecule has 0 saturated heterocycles. The van der Waals surface area contributed by atoms with Crippen LogP contribution in [0.5, 0.6) is 5.75 Å². The zero-order chi connectivity index (χ0) is 13.0. The Kier molecular flexibility index (Phi) is 4.17. The van der Waals surface area contributed by atoms with Gasteiger partial charge in [0.1, 0.15) is 5.75 Å². The maximum absolute atomic E-state index is 5.59. The molecule has 2 aromatic rings. The lowest BCUT2D eigenvalue weighted by Gasteiger charge is -2.16. The van der Waals surface area contributed by atoms with Crippen LogP contribution in [-0.2, 0) is 6.54 Å². The summed E-state index contributed by atoms with van der Waals surface area (Å²) in [4.78, 5) is 7.48. The van der Waals surface area contributed by atoms with E-state index in [0.717, 1.165) is 21.4 Å². The summed E-state index contributed by atoms with van der Waals surface area (Å²) in [5.74, 6) is 0.886. The third kappa shape index (κ3) is 2.80. The number of hydrogen-bond acceptors (Lipinski definition) is 5. The van der Waals surface area contributed by atoms with Crippen molar-refractivity contribution in [3.05, 3.63) is 35.3 Å². The molecule has 4 nitrogen and oxygen atoms in total. The zero-order valence-electron chi connectivity index (χ0n) is 10.6. The lowest BCUT2D eigenvalue weighted by atomic mass is 10.3. The van der Waals surface area contributed by atoms with E-state index in [1.807, 2.05) is 49.3 Å². The predicted molar refractivity (Wildman–Crippen MR) is 75.7 cm³/mol. The van der Waals surface area contributed by atoms with Gasteiger partial charge in [0, 0.05) is 30.4 Å². The third-order valence-corrected chi connectivity index (χ3v) is 3.66. The Bertz CT molecular complexity index is 495. The van der Waals surface area contributed by atoms with Crippen LogP contribution in [0, 0.1) is 0 Å². The molecule has 1 aromatic heterocycles. The van der Waals surface area contributed by atoms with Gasteiger partial charge >= 0.3 is 0 Å². The normalized spacial score (nSPS) is 10.4. The van der Waals surface area contributed by atoms with Crippen molar-refractivity contribution in [2.24, 2.45) is 5.73 Å². The Hall–Kier alpha value is -1.59. The standard InChI is InChI=1S/C13H17N3OS/c1-3-17-11-6-4-10(5-7-11)16(2)13-15-9-12(8-14)18-13/h4-7,9H,3,8,14H2,1-2H3. The molecule has 0 fully saturated rings. The molecule has 1 heterocycles. The highest BCUT2D eigenvalue weighted by molar-refractivity contribution is 7.15. The zero-order valence-corrected chi connectivity index (χ0v) is 11.4. The van der Waals surface area contributed by atoms with Crippen molar-refractivity contribution in [1.29, 1.82) is 0 Å². The van der Waals surface area contributed by atoms with E-state index in [0.29, 0.717) is 13.2 Å². The van der Waals surface area contributed by atoms with E-state index in [9.17, 15) is 0 Å². The summed E-state index contributed by atoms with van der Waals surface area (Å²) in [6.45, 7) is 3.19. The molecule has 2 N–H and O–H groups in total. The van der Waals surface area contributed by atoms with Gasteiger partial charge in [0.2, 0.25) is 0 Å². The maximum atomic E-state index is 5.59.